The molecule has 2 fully saturated rings. The number of nitrogens with one attached hydrogen (secondary N) is 2. The highest BCUT2D eigenvalue weighted by Gasteiger charge is 2.30. The fraction of sp³-hybridized carbons (Fsp3) is 0.619. The van der Waals surface area contributed by atoms with Crippen LogP contribution in [0.5, 0.6) is 0 Å². The first-order valence-electron chi connectivity index (χ1n) is 10.5. The van der Waals surface area contributed by atoms with E-state index < -0.39 is 5.97 Å². The first-order valence-corrected chi connectivity index (χ1v) is 10.5. The largest absolute Gasteiger partial charge is 0.480 e. The molecular weight excluding hydrogens is 372 g/mol. The van der Waals surface area contributed by atoms with Crippen LogP contribution in [0.1, 0.15) is 49.8 Å². The third kappa shape index (κ3) is 7.08. The van der Waals surface area contributed by atoms with E-state index in [1.807, 2.05) is 6.21 Å². The van der Waals surface area contributed by atoms with E-state index in [4.69, 9.17) is 14.7 Å². The molecule has 0 bridgehead atoms. The van der Waals surface area contributed by atoms with E-state index in [0.29, 0.717) is 0 Å². The minimum absolute atomic E-state index is 0.0527. The number of carbonyl (C=O) groups is 1. The van der Waals surface area contributed by atoms with Gasteiger partial charge in [0.2, 0.25) is 0 Å². The van der Waals surface area contributed by atoms with Crippen molar-refractivity contribution in [2.45, 2.75) is 50.9 Å². The maximum atomic E-state index is 10.6. The van der Waals surface area contributed by atoms with E-state index >= 15 is 0 Å². The number of hydrazone groups is 1. The predicted molar refractivity (Wildman–Crippen MR) is 111 cm³/mol. The Morgan fingerprint density at radius 1 is 1.38 bits per heavy atom. The zero-order valence-corrected chi connectivity index (χ0v) is 17.0. The average molecular weight is 405 g/mol. The van der Waals surface area contributed by atoms with E-state index in [0.717, 1.165) is 57.4 Å². The Kier molecular flexibility index (Phi) is 8.42. The molecule has 3 rings (SSSR count). The van der Waals surface area contributed by atoms with Crippen molar-refractivity contribution in [3.05, 3.63) is 35.4 Å². The maximum Gasteiger partial charge on any atom is 0.329 e. The van der Waals surface area contributed by atoms with E-state index in [9.17, 15) is 4.79 Å². The molecule has 2 saturated heterocycles. The Bertz CT molecular complexity index is 659. The summed E-state index contributed by atoms with van der Waals surface area (Å²) in [4.78, 5) is 18.8. The number of rotatable bonds is 10. The van der Waals surface area contributed by atoms with Crippen LogP contribution < -0.4 is 10.9 Å². The minimum Gasteiger partial charge on any atom is -0.480 e. The molecule has 2 unspecified atom stereocenters. The molecule has 0 saturated carbocycles. The van der Waals surface area contributed by atoms with Crippen LogP contribution in [0.3, 0.4) is 0 Å². The second-order valence-corrected chi connectivity index (χ2v) is 7.68. The molecule has 0 aromatic heterocycles. The van der Waals surface area contributed by atoms with Crippen LogP contribution in [-0.2, 0) is 14.4 Å². The molecule has 2 heterocycles. The van der Waals surface area contributed by atoms with E-state index in [2.05, 4.69) is 52.1 Å². The van der Waals surface area contributed by atoms with Crippen molar-refractivity contribution in [3.8, 4) is 0 Å². The molecule has 0 aliphatic carbocycles. The second kappa shape index (κ2) is 11.3. The molecule has 0 spiro atoms. The van der Waals surface area contributed by atoms with Crippen LogP contribution in [0.15, 0.2) is 29.4 Å². The van der Waals surface area contributed by atoms with Gasteiger partial charge in [-0.2, -0.15) is 10.6 Å². The Morgan fingerprint density at radius 3 is 2.83 bits per heavy atom. The van der Waals surface area contributed by atoms with Gasteiger partial charge in [-0.1, -0.05) is 31.2 Å². The molecule has 1 aromatic rings. The van der Waals surface area contributed by atoms with Crippen molar-refractivity contribution in [1.82, 2.24) is 15.8 Å². The van der Waals surface area contributed by atoms with Crippen molar-refractivity contribution < 1.29 is 19.5 Å². The Hall–Kier alpha value is -2.00. The summed E-state index contributed by atoms with van der Waals surface area (Å²) in [6, 6.07) is 8.58. The van der Waals surface area contributed by atoms with Crippen molar-refractivity contribution in [3.63, 3.8) is 0 Å². The molecule has 1 aromatic carbocycles. The molecule has 2 aliphatic heterocycles. The summed E-state index contributed by atoms with van der Waals surface area (Å²) in [5, 5.41) is 12.9. The highest BCUT2D eigenvalue weighted by atomic mass is 16.7. The fourth-order valence-electron chi connectivity index (χ4n) is 3.70. The van der Waals surface area contributed by atoms with Crippen LogP contribution in [0, 0.1) is 0 Å². The quantitative estimate of drug-likeness (QED) is 0.311. The molecule has 0 amide bonds. The smallest absolute Gasteiger partial charge is 0.329 e. The van der Waals surface area contributed by atoms with Gasteiger partial charge < -0.3 is 20.2 Å². The van der Waals surface area contributed by atoms with Crippen molar-refractivity contribution in [2.75, 3.05) is 32.8 Å². The maximum absolute atomic E-state index is 10.6. The molecule has 0 radical (unpaired) electrons. The van der Waals surface area contributed by atoms with E-state index in [-0.39, 0.29) is 24.9 Å². The van der Waals surface area contributed by atoms with Gasteiger partial charge in [0.15, 0.2) is 0 Å². The monoisotopic (exact) mass is 404 g/mol. The van der Waals surface area contributed by atoms with Gasteiger partial charge in [-0.25, -0.2) is 4.79 Å². The molecule has 8 nitrogen and oxygen atoms in total. The molecule has 2 atom stereocenters. The molecule has 160 valence electrons. The van der Waals surface area contributed by atoms with Gasteiger partial charge in [-0.3, -0.25) is 4.84 Å². The number of hydroxylamine groups is 1. The highest BCUT2D eigenvalue weighted by Crippen LogP contribution is 2.26. The highest BCUT2D eigenvalue weighted by molar-refractivity contribution is 5.79. The normalized spacial score (nSPS) is 23.6. The number of hydrogen-bond acceptors (Lipinski definition) is 7. The number of carboxylic acid groups (broad SMARTS) is 1. The molecule has 8 heteroatoms. The lowest BCUT2D eigenvalue weighted by Crippen LogP contribution is -2.41. The molecule has 2 aliphatic rings. The zero-order valence-electron chi connectivity index (χ0n) is 17.0. The van der Waals surface area contributed by atoms with E-state index in [1.165, 1.54) is 5.56 Å². The lowest BCUT2D eigenvalue weighted by Gasteiger charge is -2.32. The summed E-state index contributed by atoms with van der Waals surface area (Å²) in [6.07, 6.45) is 5.76. The zero-order chi connectivity index (χ0) is 20.5. The summed E-state index contributed by atoms with van der Waals surface area (Å²) < 4.78 is 5.40. The fourth-order valence-corrected chi connectivity index (χ4v) is 3.70. The average Bonchev–Trinajstić information content (AvgIpc) is 3.19. The van der Waals surface area contributed by atoms with Crippen LogP contribution in [0.4, 0.5) is 0 Å². The first-order chi connectivity index (χ1) is 14.1. The summed E-state index contributed by atoms with van der Waals surface area (Å²) >= 11 is 0. The number of hydrogen-bond donors (Lipinski definition) is 3. The summed E-state index contributed by atoms with van der Waals surface area (Å²) in [5.74, 6) is -0.905. The van der Waals surface area contributed by atoms with Gasteiger partial charge in [-0.15, -0.1) is 0 Å². The lowest BCUT2D eigenvalue weighted by molar-refractivity contribution is -0.145. The number of piperidine rings is 1. The number of carboxylic acids is 1. The van der Waals surface area contributed by atoms with Gasteiger partial charge in [0.1, 0.15) is 6.61 Å². The standard InChI is InChI=1S/C21H32N4O4/c1-2-9-22-23-13-16-3-5-17(6-4-16)20-12-19(29-24-20)14-25-10-7-18(8-11-25)28-15-21(26)27/h3-6,13,18-20,22,24H,2,7-12,14-15H2,1H3,(H,26,27). The second-order valence-electron chi connectivity index (χ2n) is 7.68. The van der Waals surface area contributed by atoms with Crippen molar-refractivity contribution >= 4 is 12.2 Å². The SMILES string of the molecule is CCCNN=Cc1ccc(C2CC(CN3CCC(OCC(=O)O)CC3)ON2)cc1. The van der Waals surface area contributed by atoms with E-state index in [1.54, 1.807) is 0 Å². The van der Waals surface area contributed by atoms with Crippen LogP contribution >= 0.6 is 0 Å². The third-order valence-corrected chi connectivity index (χ3v) is 5.32. The van der Waals surface area contributed by atoms with Crippen LogP contribution in [-0.4, -0.2) is 67.2 Å². The van der Waals surface area contributed by atoms with Crippen LogP contribution in [0.2, 0.25) is 0 Å². The summed E-state index contributed by atoms with van der Waals surface area (Å²) in [6.45, 7) is 5.49. The lowest BCUT2D eigenvalue weighted by atomic mass is 10.0. The van der Waals surface area contributed by atoms with Crippen LogP contribution in [0.25, 0.3) is 0 Å². The van der Waals surface area contributed by atoms with Gasteiger partial charge in [-0.05, 0) is 36.8 Å². The van der Waals surface area contributed by atoms with Gasteiger partial charge in [0, 0.05) is 26.2 Å². The number of nitrogens with zero attached hydrogens (tertiary/aromatic N) is 2. The number of likely N-dealkylation sites (tertiary alicyclic amines) is 1. The van der Waals surface area contributed by atoms with Crippen molar-refractivity contribution in [1.29, 1.82) is 0 Å². The number of ether oxygens (including phenoxy) is 1. The number of benzene rings is 1. The Labute approximate surface area is 172 Å². The van der Waals surface area contributed by atoms with Gasteiger partial charge >= 0.3 is 5.97 Å². The first kappa shape index (κ1) is 21.7. The molecular formula is C21H32N4O4. The summed E-state index contributed by atoms with van der Waals surface area (Å²) in [7, 11) is 0. The predicted octanol–water partition coefficient (Wildman–Crippen LogP) is 1.92. The van der Waals surface area contributed by atoms with Crippen molar-refractivity contribution in [2.24, 2.45) is 5.10 Å². The Balaban J connectivity index is 1.39. The Morgan fingerprint density at radius 2 is 2.14 bits per heavy atom. The molecule has 29 heavy (non-hydrogen) atoms. The third-order valence-electron chi connectivity index (χ3n) is 5.32. The number of aliphatic carboxylic acids is 1. The molecule has 3 N–H and O–H groups in total. The van der Waals surface area contributed by atoms with Gasteiger partial charge in [0.25, 0.3) is 0 Å². The van der Waals surface area contributed by atoms with Gasteiger partial charge in [0.05, 0.1) is 24.5 Å². The topological polar surface area (TPSA) is 95.4 Å². The minimum atomic E-state index is -0.905. The summed E-state index contributed by atoms with van der Waals surface area (Å²) in [5.41, 5.74) is 8.47.